The number of amides is 1. The number of fused-ring (bicyclic) bond motifs is 2. The summed E-state index contributed by atoms with van der Waals surface area (Å²) in [4.78, 5) is 17.7. The molecule has 0 bridgehead atoms. The number of para-hydroxylation sites is 1. The molecule has 158 valence electrons. The molecule has 0 saturated heterocycles. The summed E-state index contributed by atoms with van der Waals surface area (Å²) >= 11 is 0. The predicted molar refractivity (Wildman–Crippen MR) is 113 cm³/mol. The summed E-state index contributed by atoms with van der Waals surface area (Å²) < 4.78 is 13.0. The number of hydrogen-bond acceptors (Lipinski definition) is 7. The van der Waals surface area contributed by atoms with E-state index in [2.05, 4.69) is 20.7 Å². The van der Waals surface area contributed by atoms with Crippen LogP contribution in [0.5, 0.6) is 11.5 Å². The summed E-state index contributed by atoms with van der Waals surface area (Å²) in [5.74, 6) is 1.74. The molecule has 2 aliphatic heterocycles. The van der Waals surface area contributed by atoms with Crippen molar-refractivity contribution in [2.45, 2.75) is 19.6 Å². The third kappa shape index (κ3) is 3.49. The lowest BCUT2D eigenvalue weighted by Crippen LogP contribution is -2.31. The van der Waals surface area contributed by atoms with E-state index in [9.17, 15) is 9.90 Å². The van der Waals surface area contributed by atoms with Crippen LogP contribution in [-0.2, 0) is 11.4 Å². The topological polar surface area (TPSA) is 111 Å². The molecule has 1 aromatic heterocycles. The average Bonchev–Trinajstić information content (AvgIpc) is 3.21. The van der Waals surface area contributed by atoms with Crippen LogP contribution in [-0.4, -0.2) is 39.0 Å². The number of ether oxygens (including phenoxy) is 2. The Morgan fingerprint density at radius 3 is 2.74 bits per heavy atom. The average molecular weight is 419 g/mol. The number of rotatable bonds is 4. The zero-order valence-corrected chi connectivity index (χ0v) is 16.8. The van der Waals surface area contributed by atoms with E-state index >= 15 is 0 Å². The summed E-state index contributed by atoms with van der Waals surface area (Å²) in [6.07, 6.45) is 0. The summed E-state index contributed by atoms with van der Waals surface area (Å²) in [6.45, 7) is 2.47. The summed E-state index contributed by atoms with van der Waals surface area (Å²) in [7, 11) is 0. The van der Waals surface area contributed by atoms with Crippen molar-refractivity contribution in [1.29, 1.82) is 0 Å². The molecule has 3 heterocycles. The fourth-order valence-electron chi connectivity index (χ4n) is 3.81. The zero-order valence-electron chi connectivity index (χ0n) is 16.8. The number of benzene rings is 2. The SMILES string of the molecule is CC1=C(C(=O)Nc2ccccc2)C(c2ccc3c(c2)OCCO3)n2nc(CO)nc2N1. The minimum atomic E-state index is -0.566. The summed E-state index contributed by atoms with van der Waals surface area (Å²) in [6, 6.07) is 14.3. The third-order valence-corrected chi connectivity index (χ3v) is 5.20. The second-order valence-electron chi connectivity index (χ2n) is 7.24. The first-order chi connectivity index (χ1) is 15.1. The molecule has 0 saturated carbocycles. The van der Waals surface area contributed by atoms with Gasteiger partial charge >= 0.3 is 0 Å². The molecule has 3 N–H and O–H groups in total. The number of allylic oxidation sites excluding steroid dienone is 1. The highest BCUT2D eigenvalue weighted by molar-refractivity contribution is 6.06. The normalized spacial score (nSPS) is 17.0. The number of carbonyl (C=O) groups excluding carboxylic acids is 1. The number of nitrogens with one attached hydrogen (secondary N) is 2. The molecule has 9 nitrogen and oxygen atoms in total. The number of anilines is 2. The number of nitrogens with zero attached hydrogens (tertiary/aromatic N) is 3. The van der Waals surface area contributed by atoms with Crippen molar-refractivity contribution in [3.05, 3.63) is 71.2 Å². The molecule has 0 spiro atoms. The van der Waals surface area contributed by atoms with E-state index in [4.69, 9.17) is 9.47 Å². The van der Waals surface area contributed by atoms with Crippen LogP contribution in [0.15, 0.2) is 59.8 Å². The lowest BCUT2D eigenvalue weighted by Gasteiger charge is -2.29. The molecule has 2 aromatic carbocycles. The Kier molecular flexibility index (Phi) is 4.79. The van der Waals surface area contributed by atoms with Crippen molar-refractivity contribution in [1.82, 2.24) is 14.8 Å². The van der Waals surface area contributed by atoms with E-state index in [1.165, 1.54) is 0 Å². The van der Waals surface area contributed by atoms with Gasteiger partial charge in [0.2, 0.25) is 5.95 Å². The minimum absolute atomic E-state index is 0.261. The van der Waals surface area contributed by atoms with Crippen molar-refractivity contribution in [3.63, 3.8) is 0 Å². The van der Waals surface area contributed by atoms with Crippen molar-refractivity contribution in [2.24, 2.45) is 0 Å². The molecule has 1 amide bonds. The monoisotopic (exact) mass is 419 g/mol. The van der Waals surface area contributed by atoms with Crippen LogP contribution in [0.1, 0.15) is 24.4 Å². The van der Waals surface area contributed by atoms with Gasteiger partial charge < -0.3 is 25.2 Å². The van der Waals surface area contributed by atoms with Crippen LogP contribution in [0.3, 0.4) is 0 Å². The Labute approximate surface area is 178 Å². The Hall–Kier alpha value is -3.85. The molecule has 0 radical (unpaired) electrons. The van der Waals surface area contributed by atoms with E-state index in [0.717, 1.165) is 5.56 Å². The number of aliphatic hydroxyl groups excluding tert-OH is 1. The molecule has 0 aliphatic carbocycles. The van der Waals surface area contributed by atoms with Crippen molar-refractivity contribution in [2.75, 3.05) is 23.8 Å². The summed E-state index contributed by atoms with van der Waals surface area (Å²) in [5.41, 5.74) is 2.62. The standard InChI is InChI=1S/C22H21N5O4/c1-13-19(21(29)24-15-5-3-2-4-6-15)20(27-22(23-13)25-18(12-28)26-27)14-7-8-16-17(11-14)31-10-9-30-16/h2-8,11,20,28H,9-10,12H2,1H3,(H,24,29)(H,23,25,26). The maximum atomic E-state index is 13.4. The fraction of sp³-hybridized carbons (Fsp3) is 0.227. The molecular formula is C22H21N5O4. The van der Waals surface area contributed by atoms with Crippen LogP contribution in [0.4, 0.5) is 11.6 Å². The van der Waals surface area contributed by atoms with Gasteiger partial charge in [0, 0.05) is 11.4 Å². The maximum Gasteiger partial charge on any atom is 0.255 e. The van der Waals surface area contributed by atoms with Gasteiger partial charge in [-0.3, -0.25) is 4.79 Å². The Balaban J connectivity index is 1.60. The van der Waals surface area contributed by atoms with Crippen LogP contribution in [0.2, 0.25) is 0 Å². The highest BCUT2D eigenvalue weighted by atomic mass is 16.6. The lowest BCUT2D eigenvalue weighted by molar-refractivity contribution is -0.113. The Bertz CT molecular complexity index is 1170. The Morgan fingerprint density at radius 2 is 1.97 bits per heavy atom. The molecule has 1 atom stereocenters. The van der Waals surface area contributed by atoms with Gasteiger partial charge in [0.05, 0.1) is 5.57 Å². The van der Waals surface area contributed by atoms with E-state index in [1.807, 2.05) is 55.5 Å². The van der Waals surface area contributed by atoms with Crippen LogP contribution in [0, 0.1) is 0 Å². The fourth-order valence-corrected chi connectivity index (χ4v) is 3.81. The predicted octanol–water partition coefficient (Wildman–Crippen LogP) is 2.47. The lowest BCUT2D eigenvalue weighted by atomic mass is 9.94. The Morgan fingerprint density at radius 1 is 1.19 bits per heavy atom. The number of aliphatic hydroxyl groups is 1. The first-order valence-corrected chi connectivity index (χ1v) is 9.94. The molecule has 31 heavy (non-hydrogen) atoms. The zero-order chi connectivity index (χ0) is 21.4. The third-order valence-electron chi connectivity index (χ3n) is 5.20. The largest absolute Gasteiger partial charge is 0.486 e. The second-order valence-corrected chi connectivity index (χ2v) is 7.24. The first-order valence-electron chi connectivity index (χ1n) is 9.94. The van der Waals surface area contributed by atoms with Crippen molar-refractivity contribution in [3.8, 4) is 11.5 Å². The van der Waals surface area contributed by atoms with Gasteiger partial charge in [-0.25, -0.2) is 4.68 Å². The number of carbonyl (C=O) groups is 1. The van der Waals surface area contributed by atoms with Crippen LogP contribution < -0.4 is 20.1 Å². The first kappa shape index (κ1) is 19.1. The molecule has 3 aromatic rings. The van der Waals surface area contributed by atoms with E-state index in [0.29, 0.717) is 47.6 Å². The van der Waals surface area contributed by atoms with Gasteiger partial charge in [0.15, 0.2) is 17.3 Å². The molecular weight excluding hydrogens is 398 g/mol. The van der Waals surface area contributed by atoms with E-state index < -0.39 is 6.04 Å². The van der Waals surface area contributed by atoms with Gasteiger partial charge in [-0.2, -0.15) is 10.1 Å². The summed E-state index contributed by atoms with van der Waals surface area (Å²) in [5, 5.41) is 20.0. The highest BCUT2D eigenvalue weighted by Crippen LogP contribution is 2.39. The molecule has 0 fully saturated rings. The van der Waals surface area contributed by atoms with Gasteiger partial charge in [0.1, 0.15) is 25.9 Å². The molecule has 2 aliphatic rings. The van der Waals surface area contributed by atoms with Gasteiger partial charge in [-0.15, -0.1) is 0 Å². The molecule has 1 unspecified atom stereocenters. The van der Waals surface area contributed by atoms with Crippen molar-refractivity contribution < 1.29 is 19.4 Å². The smallest absolute Gasteiger partial charge is 0.255 e. The second kappa shape index (κ2) is 7.77. The molecule has 5 rings (SSSR count). The highest BCUT2D eigenvalue weighted by Gasteiger charge is 2.35. The minimum Gasteiger partial charge on any atom is -0.486 e. The van der Waals surface area contributed by atoms with Crippen LogP contribution in [0.25, 0.3) is 0 Å². The van der Waals surface area contributed by atoms with E-state index in [-0.39, 0.29) is 18.3 Å². The van der Waals surface area contributed by atoms with E-state index in [1.54, 1.807) is 4.68 Å². The van der Waals surface area contributed by atoms with Gasteiger partial charge in [-0.05, 0) is 36.8 Å². The quantitative estimate of drug-likeness (QED) is 0.596. The van der Waals surface area contributed by atoms with Gasteiger partial charge in [-0.1, -0.05) is 24.3 Å². The van der Waals surface area contributed by atoms with Gasteiger partial charge in [0.25, 0.3) is 5.91 Å². The van der Waals surface area contributed by atoms with Crippen molar-refractivity contribution >= 4 is 17.5 Å². The maximum absolute atomic E-state index is 13.4. The van der Waals surface area contributed by atoms with Crippen LogP contribution >= 0.6 is 0 Å². The molecule has 9 heteroatoms. The number of hydrogen-bond donors (Lipinski definition) is 3. The number of aromatic nitrogens is 3.